The van der Waals surface area contributed by atoms with Gasteiger partial charge in [-0.2, -0.15) is 0 Å². The number of aliphatic imine (C=N–C) groups is 1. The van der Waals surface area contributed by atoms with Crippen LogP contribution in [0, 0.1) is 17.5 Å². The van der Waals surface area contributed by atoms with E-state index in [9.17, 15) is 18.3 Å². The fraction of sp³-hybridized carbons (Fsp3) is 0. The number of rotatable bonds is 2. The highest BCUT2D eigenvalue weighted by atomic mass is 19.2. The van der Waals surface area contributed by atoms with Crippen molar-refractivity contribution < 1.29 is 18.3 Å². The molecule has 0 heterocycles. The van der Waals surface area contributed by atoms with Crippen LogP contribution in [0.1, 0.15) is 5.56 Å². The molecule has 0 saturated heterocycles. The number of phenolic OH excluding ortho intramolecular Hbond substituents is 1. The predicted molar refractivity (Wildman–Crippen MR) is 79.2 cm³/mol. The lowest BCUT2D eigenvalue weighted by molar-refractivity contribution is 0.448. The second-order valence-electron chi connectivity index (χ2n) is 4.67. The maximum Gasteiger partial charge on any atom is 0.196 e. The molecule has 0 radical (unpaired) electrons. The van der Waals surface area contributed by atoms with E-state index in [0.717, 1.165) is 17.5 Å². The molecule has 3 rings (SSSR count). The summed E-state index contributed by atoms with van der Waals surface area (Å²) >= 11 is 0. The minimum atomic E-state index is -1.57. The summed E-state index contributed by atoms with van der Waals surface area (Å²) in [6.07, 6.45) is 1.23. The fourth-order valence-corrected chi connectivity index (χ4v) is 2.17. The average Bonchev–Trinajstić information content (AvgIpc) is 2.53. The second-order valence-corrected chi connectivity index (χ2v) is 4.67. The van der Waals surface area contributed by atoms with Gasteiger partial charge in [0.1, 0.15) is 11.4 Å². The van der Waals surface area contributed by atoms with Crippen molar-refractivity contribution >= 4 is 22.7 Å². The summed E-state index contributed by atoms with van der Waals surface area (Å²) < 4.78 is 39.7. The first-order valence-corrected chi connectivity index (χ1v) is 6.46. The lowest BCUT2D eigenvalue weighted by atomic mass is 10.0. The second kappa shape index (κ2) is 5.52. The number of nitrogens with zero attached hydrogens (tertiary/aromatic N) is 1. The van der Waals surface area contributed by atoms with E-state index < -0.39 is 17.5 Å². The number of fused-ring (bicyclic) bond motifs is 1. The SMILES string of the molecule is Oc1ccc2ccccc2c1C=Nc1ccc(F)c(F)c1F. The van der Waals surface area contributed by atoms with Crippen LogP contribution in [0.25, 0.3) is 10.8 Å². The minimum absolute atomic E-state index is 0.0366. The lowest BCUT2D eigenvalue weighted by Crippen LogP contribution is -1.91. The Bertz CT molecular complexity index is 890. The summed E-state index contributed by atoms with van der Waals surface area (Å²) in [6.45, 7) is 0. The molecule has 0 bridgehead atoms. The van der Waals surface area contributed by atoms with Crippen molar-refractivity contribution in [3.05, 3.63) is 71.5 Å². The molecule has 5 heteroatoms. The van der Waals surface area contributed by atoms with Gasteiger partial charge in [0, 0.05) is 11.8 Å². The molecule has 0 aliphatic rings. The summed E-state index contributed by atoms with van der Waals surface area (Å²) in [7, 11) is 0. The maximum absolute atomic E-state index is 13.6. The Balaban J connectivity index is 2.11. The number of hydrogen-bond donors (Lipinski definition) is 1. The Labute approximate surface area is 124 Å². The summed E-state index contributed by atoms with van der Waals surface area (Å²) in [4.78, 5) is 3.82. The van der Waals surface area contributed by atoms with Crippen LogP contribution < -0.4 is 0 Å². The molecule has 0 unspecified atom stereocenters. The first-order chi connectivity index (χ1) is 10.6. The Morgan fingerprint density at radius 3 is 2.45 bits per heavy atom. The first kappa shape index (κ1) is 14.1. The van der Waals surface area contributed by atoms with Crippen LogP contribution in [-0.2, 0) is 0 Å². The molecule has 2 nitrogen and oxygen atoms in total. The van der Waals surface area contributed by atoms with Gasteiger partial charge in [-0.25, -0.2) is 13.2 Å². The number of benzene rings is 3. The Morgan fingerprint density at radius 2 is 1.64 bits per heavy atom. The molecule has 22 heavy (non-hydrogen) atoms. The molecular weight excluding hydrogens is 291 g/mol. The number of aromatic hydroxyl groups is 1. The zero-order valence-electron chi connectivity index (χ0n) is 11.2. The van der Waals surface area contributed by atoms with Gasteiger partial charge in [0.15, 0.2) is 17.5 Å². The quantitative estimate of drug-likeness (QED) is 0.539. The zero-order chi connectivity index (χ0) is 15.7. The molecule has 0 saturated carbocycles. The molecule has 0 aliphatic carbocycles. The normalized spacial score (nSPS) is 11.4. The van der Waals surface area contributed by atoms with Gasteiger partial charge in [0.2, 0.25) is 0 Å². The van der Waals surface area contributed by atoms with Crippen molar-refractivity contribution in [2.75, 3.05) is 0 Å². The van der Waals surface area contributed by atoms with Gasteiger partial charge < -0.3 is 5.11 Å². The topological polar surface area (TPSA) is 32.6 Å². The van der Waals surface area contributed by atoms with Crippen LogP contribution >= 0.6 is 0 Å². The van der Waals surface area contributed by atoms with Crippen molar-refractivity contribution in [1.82, 2.24) is 0 Å². The monoisotopic (exact) mass is 301 g/mol. The highest BCUT2D eigenvalue weighted by Gasteiger charge is 2.12. The third kappa shape index (κ3) is 2.41. The van der Waals surface area contributed by atoms with Crippen molar-refractivity contribution in [1.29, 1.82) is 0 Å². The first-order valence-electron chi connectivity index (χ1n) is 6.46. The molecular formula is C17H10F3NO. The van der Waals surface area contributed by atoms with Crippen LogP contribution in [0.5, 0.6) is 5.75 Å². The van der Waals surface area contributed by atoms with E-state index in [4.69, 9.17) is 0 Å². The largest absolute Gasteiger partial charge is 0.507 e. The molecule has 1 N–H and O–H groups in total. The Morgan fingerprint density at radius 1 is 0.864 bits per heavy atom. The molecule has 0 aliphatic heterocycles. The van der Waals surface area contributed by atoms with Crippen molar-refractivity contribution in [2.24, 2.45) is 4.99 Å². The maximum atomic E-state index is 13.6. The third-order valence-corrected chi connectivity index (χ3v) is 3.30. The van der Waals surface area contributed by atoms with Gasteiger partial charge in [-0.1, -0.05) is 30.3 Å². The molecule has 3 aromatic carbocycles. The molecule has 0 atom stereocenters. The van der Waals surface area contributed by atoms with Crippen LogP contribution in [0.3, 0.4) is 0 Å². The van der Waals surface area contributed by atoms with E-state index in [2.05, 4.69) is 4.99 Å². The van der Waals surface area contributed by atoms with Crippen molar-refractivity contribution in [2.45, 2.75) is 0 Å². The summed E-state index contributed by atoms with van der Waals surface area (Å²) in [5.41, 5.74) is 0.0356. The van der Waals surface area contributed by atoms with E-state index >= 15 is 0 Å². The molecule has 3 aromatic rings. The van der Waals surface area contributed by atoms with Gasteiger partial charge in [0.05, 0.1) is 0 Å². The Kier molecular flexibility index (Phi) is 3.55. The van der Waals surface area contributed by atoms with Crippen LogP contribution in [-0.4, -0.2) is 11.3 Å². The molecule has 0 aromatic heterocycles. The molecule has 0 amide bonds. The van der Waals surface area contributed by atoms with E-state index in [1.54, 1.807) is 18.2 Å². The summed E-state index contributed by atoms with van der Waals surface area (Å²) in [5, 5.41) is 11.5. The van der Waals surface area contributed by atoms with Gasteiger partial charge >= 0.3 is 0 Å². The van der Waals surface area contributed by atoms with Crippen LogP contribution in [0.2, 0.25) is 0 Å². The molecule has 0 fully saturated rings. The van der Waals surface area contributed by atoms with E-state index in [0.29, 0.717) is 10.9 Å². The van der Waals surface area contributed by atoms with Crippen LogP contribution in [0.15, 0.2) is 53.5 Å². The number of hydrogen-bond acceptors (Lipinski definition) is 2. The Hall–Kier alpha value is -2.82. The molecule has 0 spiro atoms. The summed E-state index contributed by atoms with van der Waals surface area (Å²) in [5.74, 6) is -4.25. The molecule has 110 valence electrons. The lowest BCUT2D eigenvalue weighted by Gasteiger charge is -2.05. The summed E-state index contributed by atoms with van der Waals surface area (Å²) in [6, 6.07) is 12.3. The van der Waals surface area contributed by atoms with Crippen molar-refractivity contribution in [3.8, 4) is 5.75 Å². The van der Waals surface area contributed by atoms with Gasteiger partial charge in [-0.05, 0) is 29.0 Å². The van der Waals surface area contributed by atoms with Gasteiger partial charge in [0.25, 0.3) is 0 Å². The van der Waals surface area contributed by atoms with E-state index in [1.165, 1.54) is 12.3 Å². The fourth-order valence-electron chi connectivity index (χ4n) is 2.17. The van der Waals surface area contributed by atoms with Crippen LogP contribution in [0.4, 0.5) is 18.9 Å². The van der Waals surface area contributed by atoms with Gasteiger partial charge in [-0.3, -0.25) is 4.99 Å². The average molecular weight is 301 g/mol. The van der Waals surface area contributed by atoms with Crippen molar-refractivity contribution in [3.63, 3.8) is 0 Å². The smallest absolute Gasteiger partial charge is 0.196 e. The standard InChI is InChI=1S/C17H10F3NO/c18-13-6-7-14(17(20)16(13)19)21-9-12-11-4-2-1-3-10(11)5-8-15(12)22/h1-9,22H. The highest BCUT2D eigenvalue weighted by Crippen LogP contribution is 2.27. The minimum Gasteiger partial charge on any atom is -0.507 e. The zero-order valence-corrected chi connectivity index (χ0v) is 11.2. The number of halogens is 3. The van der Waals surface area contributed by atoms with Gasteiger partial charge in [-0.15, -0.1) is 0 Å². The number of phenols is 1. The predicted octanol–water partition coefficient (Wildman–Crippen LogP) is 4.71. The van der Waals surface area contributed by atoms with E-state index in [-0.39, 0.29) is 11.4 Å². The van der Waals surface area contributed by atoms with E-state index in [1.807, 2.05) is 12.1 Å². The third-order valence-electron chi connectivity index (χ3n) is 3.30. The highest BCUT2D eigenvalue weighted by molar-refractivity contribution is 6.02.